The summed E-state index contributed by atoms with van der Waals surface area (Å²) in [5.41, 5.74) is 0.896. The van der Waals surface area contributed by atoms with Gasteiger partial charge in [0.2, 0.25) is 5.91 Å². The highest BCUT2D eigenvalue weighted by Gasteiger charge is 2.25. The van der Waals surface area contributed by atoms with E-state index in [2.05, 4.69) is 17.2 Å². The maximum atomic E-state index is 11.7. The summed E-state index contributed by atoms with van der Waals surface area (Å²) in [6.45, 7) is 4.62. The quantitative estimate of drug-likeness (QED) is 0.865. The number of nitrogens with zero attached hydrogens (tertiary/aromatic N) is 1. The lowest BCUT2D eigenvalue weighted by Crippen LogP contribution is -2.29. The van der Waals surface area contributed by atoms with Crippen LogP contribution >= 0.6 is 0 Å². The standard InChI is InChI=1S/C14H18N2O2/c1-3-6-12-14(17)16-13(15-12)10-7-5-8-11(9-10)18-4-2/h5,7-9,12H,3-4,6H2,1-2H3,(H,15,16,17). The van der Waals surface area contributed by atoms with Crippen LogP contribution < -0.4 is 10.1 Å². The minimum absolute atomic E-state index is 0.00587. The van der Waals surface area contributed by atoms with Gasteiger partial charge in [-0.15, -0.1) is 0 Å². The predicted octanol–water partition coefficient (Wildman–Crippen LogP) is 2.13. The average Bonchev–Trinajstić information content (AvgIpc) is 2.73. The van der Waals surface area contributed by atoms with E-state index >= 15 is 0 Å². The van der Waals surface area contributed by atoms with Crippen LogP contribution in [0.5, 0.6) is 5.75 Å². The number of aliphatic imine (C=N–C) groups is 1. The van der Waals surface area contributed by atoms with E-state index in [0.717, 1.165) is 24.2 Å². The smallest absolute Gasteiger partial charge is 0.250 e. The van der Waals surface area contributed by atoms with E-state index in [1.54, 1.807) is 0 Å². The molecular weight excluding hydrogens is 228 g/mol. The van der Waals surface area contributed by atoms with Crippen LogP contribution in [0.3, 0.4) is 0 Å². The molecule has 2 rings (SSSR count). The Morgan fingerprint density at radius 1 is 1.39 bits per heavy atom. The molecule has 18 heavy (non-hydrogen) atoms. The fourth-order valence-corrected chi connectivity index (χ4v) is 1.96. The minimum Gasteiger partial charge on any atom is -0.494 e. The molecule has 1 atom stereocenters. The molecule has 0 bridgehead atoms. The summed E-state index contributed by atoms with van der Waals surface area (Å²) < 4.78 is 5.44. The zero-order valence-electron chi connectivity index (χ0n) is 10.8. The number of benzene rings is 1. The van der Waals surface area contributed by atoms with Crippen LogP contribution in [0, 0.1) is 0 Å². The molecule has 1 aliphatic heterocycles. The fourth-order valence-electron chi connectivity index (χ4n) is 1.96. The van der Waals surface area contributed by atoms with Gasteiger partial charge in [-0.3, -0.25) is 9.79 Å². The van der Waals surface area contributed by atoms with Gasteiger partial charge in [0.15, 0.2) is 0 Å². The SMILES string of the molecule is CCCC1N=C(c2cccc(OCC)c2)NC1=O. The molecule has 0 radical (unpaired) electrons. The number of hydrogen-bond acceptors (Lipinski definition) is 3. The number of amidine groups is 1. The van der Waals surface area contributed by atoms with Crippen molar-refractivity contribution in [3.63, 3.8) is 0 Å². The lowest BCUT2D eigenvalue weighted by molar-refractivity contribution is -0.120. The van der Waals surface area contributed by atoms with Gasteiger partial charge in [-0.05, 0) is 25.5 Å². The first-order chi connectivity index (χ1) is 8.74. The van der Waals surface area contributed by atoms with Gasteiger partial charge in [0.05, 0.1) is 6.61 Å². The Morgan fingerprint density at radius 3 is 2.94 bits per heavy atom. The topological polar surface area (TPSA) is 50.7 Å². The van der Waals surface area contributed by atoms with Gasteiger partial charge >= 0.3 is 0 Å². The summed E-state index contributed by atoms with van der Waals surface area (Å²) in [6, 6.07) is 7.39. The monoisotopic (exact) mass is 246 g/mol. The van der Waals surface area contributed by atoms with Crippen molar-refractivity contribution in [2.24, 2.45) is 4.99 Å². The van der Waals surface area contributed by atoms with E-state index in [-0.39, 0.29) is 11.9 Å². The predicted molar refractivity (Wildman–Crippen MR) is 71.0 cm³/mol. The first kappa shape index (κ1) is 12.6. The third-order valence-electron chi connectivity index (χ3n) is 2.81. The van der Waals surface area contributed by atoms with Crippen molar-refractivity contribution >= 4 is 11.7 Å². The molecule has 1 unspecified atom stereocenters. The molecule has 4 nitrogen and oxygen atoms in total. The molecule has 1 aliphatic rings. The van der Waals surface area contributed by atoms with E-state index in [4.69, 9.17) is 4.74 Å². The molecule has 0 spiro atoms. The van der Waals surface area contributed by atoms with Crippen molar-refractivity contribution in [1.82, 2.24) is 5.32 Å². The van der Waals surface area contributed by atoms with Gasteiger partial charge in [0.25, 0.3) is 0 Å². The average molecular weight is 246 g/mol. The van der Waals surface area contributed by atoms with E-state index in [1.165, 1.54) is 0 Å². The second kappa shape index (κ2) is 5.67. The van der Waals surface area contributed by atoms with Crippen molar-refractivity contribution in [3.05, 3.63) is 29.8 Å². The summed E-state index contributed by atoms with van der Waals surface area (Å²) in [4.78, 5) is 16.1. The van der Waals surface area contributed by atoms with Crippen molar-refractivity contribution in [2.75, 3.05) is 6.61 Å². The third-order valence-corrected chi connectivity index (χ3v) is 2.81. The molecule has 1 aromatic carbocycles. The molecule has 4 heteroatoms. The van der Waals surface area contributed by atoms with E-state index in [1.807, 2.05) is 31.2 Å². The summed E-state index contributed by atoms with van der Waals surface area (Å²) in [5.74, 6) is 1.44. The maximum absolute atomic E-state index is 11.7. The second-order valence-electron chi connectivity index (χ2n) is 4.23. The normalized spacial score (nSPS) is 18.4. The Hall–Kier alpha value is -1.84. The first-order valence-electron chi connectivity index (χ1n) is 6.36. The van der Waals surface area contributed by atoms with Crippen molar-refractivity contribution in [2.45, 2.75) is 32.7 Å². The third kappa shape index (κ3) is 2.70. The number of rotatable bonds is 5. The molecule has 96 valence electrons. The highest BCUT2D eigenvalue weighted by atomic mass is 16.5. The highest BCUT2D eigenvalue weighted by molar-refractivity contribution is 6.13. The summed E-state index contributed by atoms with van der Waals surface area (Å²) >= 11 is 0. The van der Waals surface area contributed by atoms with Gasteiger partial charge in [0.1, 0.15) is 17.6 Å². The Morgan fingerprint density at radius 2 is 2.22 bits per heavy atom. The van der Waals surface area contributed by atoms with Gasteiger partial charge in [-0.25, -0.2) is 0 Å². The molecule has 0 fully saturated rings. The lowest BCUT2D eigenvalue weighted by atomic mass is 10.2. The van der Waals surface area contributed by atoms with E-state index in [0.29, 0.717) is 12.4 Å². The van der Waals surface area contributed by atoms with Crippen LogP contribution in [0.2, 0.25) is 0 Å². The zero-order chi connectivity index (χ0) is 13.0. The molecule has 0 aromatic heterocycles. The maximum Gasteiger partial charge on any atom is 0.250 e. The summed E-state index contributed by atoms with van der Waals surface area (Å²) in [7, 11) is 0. The van der Waals surface area contributed by atoms with E-state index in [9.17, 15) is 4.79 Å². The molecule has 1 heterocycles. The lowest BCUT2D eigenvalue weighted by Gasteiger charge is -2.05. The summed E-state index contributed by atoms with van der Waals surface area (Å²) in [6.07, 6.45) is 1.74. The van der Waals surface area contributed by atoms with Crippen LogP contribution in [0.15, 0.2) is 29.3 Å². The van der Waals surface area contributed by atoms with Crippen molar-refractivity contribution < 1.29 is 9.53 Å². The Labute approximate surface area is 107 Å². The molecule has 0 aliphatic carbocycles. The van der Waals surface area contributed by atoms with Crippen molar-refractivity contribution in [3.8, 4) is 5.75 Å². The van der Waals surface area contributed by atoms with Crippen LogP contribution in [-0.2, 0) is 4.79 Å². The number of hydrogen-bond donors (Lipinski definition) is 1. The van der Waals surface area contributed by atoms with E-state index < -0.39 is 0 Å². The van der Waals surface area contributed by atoms with Crippen LogP contribution in [0.1, 0.15) is 32.3 Å². The van der Waals surface area contributed by atoms with Gasteiger partial charge < -0.3 is 10.1 Å². The molecule has 1 amide bonds. The first-order valence-corrected chi connectivity index (χ1v) is 6.36. The van der Waals surface area contributed by atoms with Crippen LogP contribution in [0.25, 0.3) is 0 Å². The Bertz CT molecular complexity index is 469. The largest absolute Gasteiger partial charge is 0.494 e. The number of carbonyl (C=O) groups excluding carboxylic acids is 1. The molecular formula is C14H18N2O2. The fraction of sp³-hybridized carbons (Fsp3) is 0.429. The number of carbonyl (C=O) groups is 1. The van der Waals surface area contributed by atoms with Gasteiger partial charge in [0, 0.05) is 5.56 Å². The number of nitrogens with one attached hydrogen (secondary N) is 1. The highest BCUT2D eigenvalue weighted by Crippen LogP contribution is 2.17. The minimum atomic E-state index is -0.235. The molecule has 0 saturated heterocycles. The van der Waals surface area contributed by atoms with Crippen LogP contribution in [-0.4, -0.2) is 24.4 Å². The summed E-state index contributed by atoms with van der Waals surface area (Å²) in [5, 5.41) is 2.83. The second-order valence-corrected chi connectivity index (χ2v) is 4.23. The Balaban J connectivity index is 2.19. The number of amides is 1. The molecule has 1 N–H and O–H groups in total. The Kier molecular flexibility index (Phi) is 3.97. The molecule has 0 saturated carbocycles. The molecule has 1 aromatic rings. The zero-order valence-corrected chi connectivity index (χ0v) is 10.8. The van der Waals surface area contributed by atoms with Crippen molar-refractivity contribution in [1.29, 1.82) is 0 Å². The van der Waals surface area contributed by atoms with Crippen LogP contribution in [0.4, 0.5) is 0 Å². The number of ether oxygens (including phenoxy) is 1. The van der Waals surface area contributed by atoms with Gasteiger partial charge in [-0.1, -0.05) is 25.5 Å². The van der Waals surface area contributed by atoms with Gasteiger partial charge in [-0.2, -0.15) is 0 Å².